The summed E-state index contributed by atoms with van der Waals surface area (Å²) >= 11 is 0. The number of hydrogen-bond acceptors (Lipinski definition) is 2. The normalized spacial score (nSPS) is 23.1. The van der Waals surface area contributed by atoms with Crippen molar-refractivity contribution in [3.05, 3.63) is 71.8 Å². The Morgan fingerprint density at radius 2 is 1.62 bits per heavy atom. The van der Waals surface area contributed by atoms with Crippen molar-refractivity contribution in [3.8, 4) is 0 Å². The summed E-state index contributed by atoms with van der Waals surface area (Å²) in [6, 6.07) is 22.6. The first kappa shape index (κ1) is 14.3. The maximum absolute atomic E-state index is 3.79. The van der Waals surface area contributed by atoms with E-state index < -0.39 is 0 Å². The van der Waals surface area contributed by atoms with E-state index in [9.17, 15) is 0 Å². The predicted molar refractivity (Wildman–Crippen MR) is 88.1 cm³/mol. The van der Waals surface area contributed by atoms with E-state index in [-0.39, 0.29) is 0 Å². The lowest BCUT2D eigenvalue weighted by Gasteiger charge is -2.39. The summed E-state index contributed by atoms with van der Waals surface area (Å²) in [5.41, 5.74) is 2.80. The van der Waals surface area contributed by atoms with E-state index in [0.717, 1.165) is 19.6 Å². The molecule has 0 aliphatic carbocycles. The highest BCUT2D eigenvalue weighted by molar-refractivity contribution is 5.21. The van der Waals surface area contributed by atoms with Crippen LogP contribution < -0.4 is 5.32 Å². The van der Waals surface area contributed by atoms with Crippen LogP contribution in [0.3, 0.4) is 0 Å². The average Bonchev–Trinajstić information content (AvgIpc) is 2.56. The molecule has 21 heavy (non-hydrogen) atoms. The molecule has 1 aliphatic heterocycles. The quantitative estimate of drug-likeness (QED) is 0.920. The number of hydrogen-bond donors (Lipinski definition) is 1. The molecular formula is C19H24N2. The van der Waals surface area contributed by atoms with Gasteiger partial charge in [0.05, 0.1) is 0 Å². The van der Waals surface area contributed by atoms with Gasteiger partial charge in [0.1, 0.15) is 0 Å². The largest absolute Gasteiger partial charge is 0.305 e. The third-order valence-corrected chi connectivity index (χ3v) is 4.30. The van der Waals surface area contributed by atoms with Crippen LogP contribution in [0.25, 0.3) is 0 Å². The fourth-order valence-electron chi connectivity index (χ4n) is 3.14. The monoisotopic (exact) mass is 280 g/mol. The van der Waals surface area contributed by atoms with Gasteiger partial charge in [-0.1, -0.05) is 67.6 Å². The van der Waals surface area contributed by atoms with Gasteiger partial charge < -0.3 is 5.32 Å². The Labute approximate surface area is 127 Å². The topological polar surface area (TPSA) is 15.3 Å². The smallest absolute Gasteiger partial charge is 0.0452 e. The van der Waals surface area contributed by atoms with Gasteiger partial charge in [-0.3, -0.25) is 4.90 Å². The molecule has 2 unspecified atom stereocenters. The van der Waals surface area contributed by atoms with Gasteiger partial charge in [0.2, 0.25) is 0 Å². The van der Waals surface area contributed by atoms with Gasteiger partial charge >= 0.3 is 0 Å². The Morgan fingerprint density at radius 1 is 0.952 bits per heavy atom. The molecule has 0 bridgehead atoms. The summed E-state index contributed by atoms with van der Waals surface area (Å²) in [6.07, 6.45) is 1.18. The highest BCUT2D eigenvalue weighted by Gasteiger charge is 2.26. The van der Waals surface area contributed by atoms with Crippen LogP contribution in [0, 0.1) is 0 Å². The molecule has 1 heterocycles. The molecule has 1 N–H and O–H groups in total. The Balaban J connectivity index is 1.72. The van der Waals surface area contributed by atoms with Gasteiger partial charge in [-0.05, 0) is 17.5 Å². The highest BCUT2D eigenvalue weighted by Crippen LogP contribution is 2.21. The molecule has 2 nitrogen and oxygen atoms in total. The second-order valence-electron chi connectivity index (χ2n) is 5.91. The molecule has 3 rings (SSSR count). The van der Waals surface area contributed by atoms with Crippen molar-refractivity contribution in [2.75, 3.05) is 13.1 Å². The zero-order valence-electron chi connectivity index (χ0n) is 12.7. The van der Waals surface area contributed by atoms with Gasteiger partial charge in [-0.2, -0.15) is 0 Å². The van der Waals surface area contributed by atoms with Crippen LogP contribution in [0.5, 0.6) is 0 Å². The summed E-state index contributed by atoms with van der Waals surface area (Å²) in [7, 11) is 0. The third-order valence-electron chi connectivity index (χ3n) is 4.30. The molecule has 0 amide bonds. The lowest BCUT2D eigenvalue weighted by Crippen LogP contribution is -2.51. The Morgan fingerprint density at radius 3 is 2.29 bits per heavy atom. The third kappa shape index (κ3) is 3.72. The van der Waals surface area contributed by atoms with Gasteiger partial charge in [-0.25, -0.2) is 0 Å². The highest BCUT2D eigenvalue weighted by atomic mass is 15.2. The van der Waals surface area contributed by atoms with Crippen LogP contribution in [0.1, 0.15) is 30.5 Å². The van der Waals surface area contributed by atoms with Crippen LogP contribution in [-0.2, 0) is 6.54 Å². The summed E-state index contributed by atoms with van der Waals surface area (Å²) in [4.78, 5) is 2.58. The zero-order chi connectivity index (χ0) is 14.5. The second kappa shape index (κ2) is 6.88. The predicted octanol–water partition coefficient (Wildman–Crippen LogP) is 3.61. The van der Waals surface area contributed by atoms with E-state index in [1.54, 1.807) is 0 Å². The van der Waals surface area contributed by atoms with Gasteiger partial charge in [0.25, 0.3) is 0 Å². The van der Waals surface area contributed by atoms with Crippen molar-refractivity contribution in [2.45, 2.75) is 32.0 Å². The summed E-state index contributed by atoms with van der Waals surface area (Å²) < 4.78 is 0. The minimum atomic E-state index is 0.439. The molecule has 2 heteroatoms. The fourth-order valence-corrected chi connectivity index (χ4v) is 3.14. The molecular weight excluding hydrogens is 256 g/mol. The number of nitrogens with one attached hydrogen (secondary N) is 1. The Kier molecular flexibility index (Phi) is 4.69. The number of piperazine rings is 1. The molecule has 0 aromatic heterocycles. The van der Waals surface area contributed by atoms with Gasteiger partial charge in [0.15, 0.2) is 0 Å². The molecule has 0 saturated carbocycles. The van der Waals surface area contributed by atoms with Crippen molar-refractivity contribution in [3.63, 3.8) is 0 Å². The van der Waals surface area contributed by atoms with Gasteiger partial charge in [0, 0.05) is 31.7 Å². The van der Waals surface area contributed by atoms with Crippen LogP contribution >= 0.6 is 0 Å². The average molecular weight is 280 g/mol. The standard InChI is InChI=1S/C19H24N2/c1-2-18-14-21(13-16-9-5-3-6-10-16)15-19(20-18)17-11-7-4-8-12-17/h3-12,18-20H,2,13-15H2,1H3. The maximum Gasteiger partial charge on any atom is 0.0452 e. The van der Waals surface area contributed by atoms with Crippen LogP contribution in [-0.4, -0.2) is 24.0 Å². The van der Waals surface area contributed by atoms with E-state index >= 15 is 0 Å². The van der Waals surface area contributed by atoms with Crippen LogP contribution in [0.4, 0.5) is 0 Å². The van der Waals surface area contributed by atoms with Crippen molar-refractivity contribution in [2.24, 2.45) is 0 Å². The molecule has 1 aliphatic rings. The molecule has 2 aromatic rings. The summed E-state index contributed by atoms with van der Waals surface area (Å²) in [5, 5.41) is 3.79. The minimum Gasteiger partial charge on any atom is -0.305 e. The lowest BCUT2D eigenvalue weighted by atomic mass is 10.00. The molecule has 2 aromatic carbocycles. The van der Waals surface area contributed by atoms with E-state index in [1.807, 2.05) is 0 Å². The first-order valence-electron chi connectivity index (χ1n) is 7.92. The summed E-state index contributed by atoms with van der Waals surface area (Å²) in [5.74, 6) is 0. The van der Waals surface area contributed by atoms with Crippen molar-refractivity contribution < 1.29 is 0 Å². The van der Waals surface area contributed by atoms with E-state index in [4.69, 9.17) is 0 Å². The fraction of sp³-hybridized carbons (Fsp3) is 0.368. The first-order chi connectivity index (χ1) is 10.3. The summed E-state index contributed by atoms with van der Waals surface area (Å²) in [6.45, 7) is 5.53. The van der Waals surface area contributed by atoms with E-state index in [0.29, 0.717) is 12.1 Å². The second-order valence-corrected chi connectivity index (χ2v) is 5.91. The molecule has 0 radical (unpaired) electrons. The number of nitrogens with zero attached hydrogens (tertiary/aromatic N) is 1. The molecule has 1 saturated heterocycles. The number of rotatable bonds is 4. The number of benzene rings is 2. The van der Waals surface area contributed by atoms with Gasteiger partial charge in [-0.15, -0.1) is 0 Å². The Hall–Kier alpha value is -1.64. The molecule has 2 atom stereocenters. The Bertz CT molecular complexity index is 538. The van der Waals surface area contributed by atoms with E-state index in [2.05, 4.69) is 77.8 Å². The van der Waals surface area contributed by atoms with Crippen molar-refractivity contribution >= 4 is 0 Å². The lowest BCUT2D eigenvalue weighted by molar-refractivity contribution is 0.151. The van der Waals surface area contributed by atoms with Crippen LogP contribution in [0.15, 0.2) is 60.7 Å². The van der Waals surface area contributed by atoms with Crippen LogP contribution in [0.2, 0.25) is 0 Å². The molecule has 110 valence electrons. The van der Waals surface area contributed by atoms with Crippen molar-refractivity contribution in [1.82, 2.24) is 10.2 Å². The molecule has 0 spiro atoms. The zero-order valence-corrected chi connectivity index (χ0v) is 12.7. The van der Waals surface area contributed by atoms with Crippen molar-refractivity contribution in [1.29, 1.82) is 0 Å². The molecule has 1 fully saturated rings. The SMILES string of the molecule is CCC1CN(Cc2ccccc2)CC(c2ccccc2)N1. The maximum atomic E-state index is 3.79. The first-order valence-corrected chi connectivity index (χ1v) is 7.92. The minimum absolute atomic E-state index is 0.439. The van der Waals surface area contributed by atoms with E-state index in [1.165, 1.54) is 17.5 Å².